The van der Waals surface area contributed by atoms with Crippen molar-refractivity contribution in [3.63, 3.8) is 0 Å². The highest BCUT2D eigenvalue weighted by atomic mass is 32.2. The molecule has 2 N–H and O–H groups in total. The van der Waals surface area contributed by atoms with Crippen molar-refractivity contribution in [1.82, 2.24) is 19.2 Å². The molecule has 2 aromatic carbocycles. The quantitative estimate of drug-likeness (QED) is 0.514. The van der Waals surface area contributed by atoms with Gasteiger partial charge in [0.25, 0.3) is 5.56 Å². The van der Waals surface area contributed by atoms with E-state index in [1.54, 1.807) is 0 Å². The maximum absolute atomic E-state index is 13.1. The Bertz CT molecular complexity index is 1360. The van der Waals surface area contributed by atoms with Gasteiger partial charge in [0.2, 0.25) is 15.9 Å². The lowest BCUT2D eigenvalue weighted by molar-refractivity contribution is -0.122. The molecule has 32 heavy (non-hydrogen) atoms. The van der Waals surface area contributed by atoms with Gasteiger partial charge in [0.05, 0.1) is 15.8 Å². The number of aromatic nitrogens is 2. The van der Waals surface area contributed by atoms with Gasteiger partial charge in [-0.15, -0.1) is 0 Å². The van der Waals surface area contributed by atoms with Gasteiger partial charge in [-0.1, -0.05) is 37.3 Å². The maximum Gasteiger partial charge on any atom is 0.330 e. The van der Waals surface area contributed by atoms with Crippen LogP contribution in [-0.2, 0) is 35.3 Å². The topological polar surface area (TPSA) is 119 Å². The summed E-state index contributed by atoms with van der Waals surface area (Å²) in [7, 11) is -1.30. The summed E-state index contributed by atoms with van der Waals surface area (Å²) in [6.07, 6.45) is 0.878. The van der Waals surface area contributed by atoms with Crippen molar-refractivity contribution in [3.8, 4) is 0 Å². The first-order valence-corrected chi connectivity index (χ1v) is 11.7. The molecule has 0 saturated heterocycles. The number of hydrogen-bond acceptors (Lipinski definition) is 5. The molecule has 0 unspecified atom stereocenters. The molecule has 1 heterocycles. The highest BCUT2D eigenvalue weighted by Crippen LogP contribution is 2.16. The second-order valence-electron chi connectivity index (χ2n) is 7.54. The number of hydrogen-bond donors (Lipinski definition) is 2. The molecule has 0 radical (unpaired) electrons. The molecule has 10 heteroatoms. The Kier molecular flexibility index (Phi) is 6.95. The summed E-state index contributed by atoms with van der Waals surface area (Å²) in [5.41, 5.74) is 0.0150. The number of sulfonamides is 1. The standard InChI is InChI=1S/C22H26N4O5S/c1-4-12-23-20(27)18(13-15-8-6-5-7-9-15)24-32(30,31)16-10-11-19-17(14-16)21(28)26(3)22(29)25(19)2/h5-11,14,18,24H,4,12-13H2,1-3H3,(H,23,27)/t18-/m1/s1. The van der Waals surface area contributed by atoms with Crippen LogP contribution in [0.2, 0.25) is 0 Å². The molecule has 0 fully saturated rings. The van der Waals surface area contributed by atoms with Crippen LogP contribution in [0.3, 0.4) is 0 Å². The number of benzene rings is 2. The minimum Gasteiger partial charge on any atom is -0.355 e. The van der Waals surface area contributed by atoms with Crippen molar-refractivity contribution in [2.75, 3.05) is 6.54 Å². The van der Waals surface area contributed by atoms with Gasteiger partial charge in [-0.25, -0.2) is 13.2 Å². The zero-order chi connectivity index (χ0) is 23.5. The van der Waals surface area contributed by atoms with Crippen molar-refractivity contribution in [1.29, 1.82) is 0 Å². The summed E-state index contributed by atoms with van der Waals surface area (Å²) < 4.78 is 30.9. The second-order valence-corrected chi connectivity index (χ2v) is 9.25. The highest BCUT2D eigenvalue weighted by Gasteiger charge is 2.26. The Hall–Kier alpha value is -3.24. The van der Waals surface area contributed by atoms with E-state index in [2.05, 4.69) is 10.0 Å². The van der Waals surface area contributed by atoms with Crippen molar-refractivity contribution < 1.29 is 13.2 Å². The van der Waals surface area contributed by atoms with E-state index in [0.29, 0.717) is 18.5 Å². The van der Waals surface area contributed by atoms with Crippen LogP contribution >= 0.6 is 0 Å². The van der Waals surface area contributed by atoms with Crippen LogP contribution in [0.25, 0.3) is 10.9 Å². The smallest absolute Gasteiger partial charge is 0.330 e. The molecular formula is C22H26N4O5S. The predicted octanol–water partition coefficient (Wildman–Crippen LogP) is 0.653. The SMILES string of the molecule is CCCNC(=O)[C@@H](Cc1ccccc1)NS(=O)(=O)c1ccc2c(c1)c(=O)n(C)c(=O)n2C. The molecule has 0 spiro atoms. The van der Waals surface area contributed by atoms with Gasteiger partial charge >= 0.3 is 5.69 Å². The van der Waals surface area contributed by atoms with E-state index in [1.807, 2.05) is 37.3 Å². The van der Waals surface area contributed by atoms with E-state index < -0.39 is 33.2 Å². The summed E-state index contributed by atoms with van der Waals surface area (Å²) in [6, 6.07) is 12.0. The molecular weight excluding hydrogens is 432 g/mol. The Morgan fingerprint density at radius 3 is 2.38 bits per heavy atom. The number of rotatable bonds is 8. The first kappa shape index (κ1) is 23.4. The largest absolute Gasteiger partial charge is 0.355 e. The summed E-state index contributed by atoms with van der Waals surface area (Å²) in [5.74, 6) is -0.432. The molecule has 3 aromatic rings. The molecule has 9 nitrogen and oxygen atoms in total. The molecule has 3 rings (SSSR count). The summed E-state index contributed by atoms with van der Waals surface area (Å²) >= 11 is 0. The van der Waals surface area contributed by atoms with Crippen LogP contribution in [0.1, 0.15) is 18.9 Å². The van der Waals surface area contributed by atoms with Crippen LogP contribution < -0.4 is 21.3 Å². The van der Waals surface area contributed by atoms with Crippen LogP contribution in [0.15, 0.2) is 63.0 Å². The molecule has 0 saturated carbocycles. The third kappa shape index (κ3) is 4.81. The molecule has 0 aliphatic heterocycles. The van der Waals surface area contributed by atoms with Crippen molar-refractivity contribution in [3.05, 3.63) is 74.9 Å². The lowest BCUT2D eigenvalue weighted by Crippen LogP contribution is -2.48. The average Bonchev–Trinajstić information content (AvgIpc) is 2.79. The molecule has 1 aromatic heterocycles. The van der Waals surface area contributed by atoms with E-state index >= 15 is 0 Å². The molecule has 1 amide bonds. The highest BCUT2D eigenvalue weighted by molar-refractivity contribution is 7.89. The summed E-state index contributed by atoms with van der Waals surface area (Å²) in [6.45, 7) is 2.32. The van der Waals surface area contributed by atoms with Crippen LogP contribution in [0, 0.1) is 0 Å². The van der Waals surface area contributed by atoms with E-state index in [4.69, 9.17) is 0 Å². The number of amides is 1. The lowest BCUT2D eigenvalue weighted by atomic mass is 10.1. The first-order valence-electron chi connectivity index (χ1n) is 10.2. The fourth-order valence-electron chi connectivity index (χ4n) is 3.41. The van der Waals surface area contributed by atoms with Crippen molar-refractivity contribution in [2.24, 2.45) is 14.1 Å². The van der Waals surface area contributed by atoms with E-state index in [9.17, 15) is 22.8 Å². The molecule has 170 valence electrons. The third-order valence-electron chi connectivity index (χ3n) is 5.19. The fraction of sp³-hybridized carbons (Fsp3) is 0.318. The molecule has 0 aliphatic carbocycles. The Balaban J connectivity index is 2.00. The molecule has 0 bridgehead atoms. The fourth-order valence-corrected chi connectivity index (χ4v) is 4.63. The van der Waals surface area contributed by atoms with E-state index in [0.717, 1.165) is 10.1 Å². The maximum atomic E-state index is 13.1. The summed E-state index contributed by atoms with van der Waals surface area (Å²) in [5, 5.41) is 2.82. The molecule has 1 atom stereocenters. The van der Waals surface area contributed by atoms with Crippen molar-refractivity contribution >= 4 is 26.8 Å². The van der Waals surface area contributed by atoms with Crippen molar-refractivity contribution in [2.45, 2.75) is 30.7 Å². The number of aryl methyl sites for hydroxylation is 1. The number of nitrogens with one attached hydrogen (secondary N) is 2. The minimum absolute atomic E-state index is 0.0903. The number of carbonyl (C=O) groups excluding carboxylic acids is 1. The van der Waals surface area contributed by atoms with Gasteiger partial charge in [0.15, 0.2) is 0 Å². The van der Waals surface area contributed by atoms with Crippen LogP contribution in [-0.4, -0.2) is 36.0 Å². The third-order valence-corrected chi connectivity index (χ3v) is 6.66. The number of carbonyl (C=O) groups is 1. The summed E-state index contributed by atoms with van der Waals surface area (Å²) in [4.78, 5) is 37.2. The zero-order valence-electron chi connectivity index (χ0n) is 18.2. The zero-order valence-corrected chi connectivity index (χ0v) is 19.0. The second kappa shape index (κ2) is 9.49. The van der Waals surface area contributed by atoms with Gasteiger partial charge in [-0.3, -0.25) is 18.7 Å². The number of fused-ring (bicyclic) bond motifs is 1. The molecule has 0 aliphatic rings. The van der Waals surface area contributed by atoms with Crippen LogP contribution in [0.5, 0.6) is 0 Å². The monoisotopic (exact) mass is 458 g/mol. The van der Waals surface area contributed by atoms with Gasteiger partial charge in [0, 0.05) is 20.6 Å². The van der Waals surface area contributed by atoms with Gasteiger partial charge in [0.1, 0.15) is 6.04 Å². The normalized spacial score (nSPS) is 12.6. The minimum atomic E-state index is -4.14. The average molecular weight is 459 g/mol. The van der Waals surface area contributed by atoms with E-state index in [-0.39, 0.29) is 16.7 Å². The Morgan fingerprint density at radius 2 is 1.72 bits per heavy atom. The lowest BCUT2D eigenvalue weighted by Gasteiger charge is -2.19. The van der Waals surface area contributed by atoms with Gasteiger partial charge < -0.3 is 5.32 Å². The predicted molar refractivity (Wildman–Crippen MR) is 122 cm³/mol. The number of nitrogens with zero attached hydrogens (tertiary/aromatic N) is 2. The first-order chi connectivity index (χ1) is 15.2. The van der Waals surface area contributed by atoms with E-state index in [1.165, 1.54) is 36.9 Å². The van der Waals surface area contributed by atoms with Gasteiger partial charge in [-0.05, 0) is 36.6 Å². The Labute approximate surface area is 185 Å². The van der Waals surface area contributed by atoms with Crippen LogP contribution in [0.4, 0.5) is 0 Å². The Morgan fingerprint density at radius 1 is 1.03 bits per heavy atom. The van der Waals surface area contributed by atoms with Gasteiger partial charge in [-0.2, -0.15) is 4.72 Å².